The Morgan fingerprint density at radius 1 is 1.24 bits per heavy atom. The predicted molar refractivity (Wildman–Crippen MR) is 137 cm³/mol. The molecule has 2 aromatic rings. The summed E-state index contributed by atoms with van der Waals surface area (Å²) >= 11 is 6.13. The maximum atomic E-state index is 12.7. The van der Waals surface area contributed by atoms with Gasteiger partial charge in [-0.1, -0.05) is 11.6 Å². The van der Waals surface area contributed by atoms with E-state index in [1.165, 1.54) is 18.2 Å². The highest BCUT2D eigenvalue weighted by atomic mass is 35.5. The van der Waals surface area contributed by atoms with Crippen molar-refractivity contribution in [1.29, 1.82) is 0 Å². The average Bonchev–Trinajstić information content (AvgIpc) is 3.40. The van der Waals surface area contributed by atoms with Crippen molar-refractivity contribution in [2.24, 2.45) is 0 Å². The van der Waals surface area contributed by atoms with Crippen LogP contribution in [0.15, 0.2) is 36.4 Å². The Morgan fingerprint density at radius 3 is 2.76 bits per heavy atom. The number of halogens is 1. The van der Waals surface area contributed by atoms with Gasteiger partial charge >= 0.3 is 6.03 Å². The molecule has 3 aliphatic rings. The lowest BCUT2D eigenvalue weighted by Gasteiger charge is -2.39. The zero-order valence-electron chi connectivity index (χ0n) is 20.5. The van der Waals surface area contributed by atoms with Crippen LogP contribution >= 0.6 is 11.6 Å². The number of benzene rings is 2. The SMILES string of the molecule is O=C1NC(=O)[C@@H](CNC(=O)c2ccc(O)cc2OC[C@H](O)CN2CCC3(CC2)Cc2cc(Cl)ccc2O3)N1. The van der Waals surface area contributed by atoms with E-state index in [1.54, 1.807) is 0 Å². The summed E-state index contributed by atoms with van der Waals surface area (Å²) in [5, 5.41) is 28.3. The third kappa shape index (κ3) is 5.79. The van der Waals surface area contributed by atoms with Crippen LogP contribution < -0.4 is 25.4 Å². The molecule has 0 radical (unpaired) electrons. The number of phenols is 1. The molecule has 2 aromatic carbocycles. The molecular formula is C26H29ClN4O7. The number of rotatable bonds is 8. The zero-order chi connectivity index (χ0) is 26.9. The topological polar surface area (TPSA) is 149 Å². The Kier molecular flexibility index (Phi) is 7.33. The van der Waals surface area contributed by atoms with Crippen LogP contribution in [0.5, 0.6) is 17.2 Å². The van der Waals surface area contributed by atoms with Crippen molar-refractivity contribution in [2.75, 3.05) is 32.8 Å². The van der Waals surface area contributed by atoms with Gasteiger partial charge in [0.2, 0.25) is 0 Å². The summed E-state index contributed by atoms with van der Waals surface area (Å²) in [6, 6.07) is 8.22. The number of likely N-dealkylation sites (tertiary alicyclic amines) is 1. The van der Waals surface area contributed by atoms with Gasteiger partial charge in [-0.3, -0.25) is 14.9 Å². The lowest BCUT2D eigenvalue weighted by Crippen LogP contribution is -2.49. The van der Waals surface area contributed by atoms with Gasteiger partial charge in [0.1, 0.15) is 41.6 Å². The number of hydrogen-bond donors (Lipinski definition) is 5. The monoisotopic (exact) mass is 544 g/mol. The number of aromatic hydroxyl groups is 1. The minimum atomic E-state index is -0.875. The molecule has 3 aliphatic heterocycles. The molecule has 12 heteroatoms. The smallest absolute Gasteiger partial charge is 0.322 e. The van der Waals surface area contributed by atoms with Gasteiger partial charge in [0.15, 0.2) is 0 Å². The van der Waals surface area contributed by atoms with E-state index in [0.29, 0.717) is 11.6 Å². The molecule has 2 fully saturated rings. The molecule has 0 aromatic heterocycles. The van der Waals surface area contributed by atoms with Crippen molar-refractivity contribution in [3.8, 4) is 17.2 Å². The highest BCUT2D eigenvalue weighted by Gasteiger charge is 2.42. The Balaban J connectivity index is 1.11. The average molecular weight is 545 g/mol. The number of fused-ring (bicyclic) bond motifs is 1. The van der Waals surface area contributed by atoms with E-state index in [9.17, 15) is 24.6 Å². The summed E-state index contributed by atoms with van der Waals surface area (Å²) in [6.45, 7) is 1.68. The van der Waals surface area contributed by atoms with Gasteiger partial charge in [-0.05, 0) is 35.9 Å². The molecule has 38 heavy (non-hydrogen) atoms. The Hall–Kier alpha value is -3.54. The van der Waals surface area contributed by atoms with E-state index in [4.69, 9.17) is 21.1 Å². The number of piperidine rings is 1. The number of nitrogens with one attached hydrogen (secondary N) is 3. The second-order valence-corrected chi connectivity index (χ2v) is 10.3. The van der Waals surface area contributed by atoms with E-state index in [-0.39, 0.29) is 35.8 Å². The van der Waals surface area contributed by atoms with E-state index >= 15 is 0 Å². The Labute approximate surface area is 224 Å². The van der Waals surface area contributed by atoms with Crippen molar-refractivity contribution in [2.45, 2.75) is 37.0 Å². The molecule has 0 bridgehead atoms. The van der Waals surface area contributed by atoms with Crippen LogP contribution in [0.1, 0.15) is 28.8 Å². The van der Waals surface area contributed by atoms with Gasteiger partial charge in [0.25, 0.3) is 11.8 Å². The second-order valence-electron chi connectivity index (χ2n) is 9.89. The van der Waals surface area contributed by atoms with Crippen molar-refractivity contribution in [1.82, 2.24) is 20.9 Å². The molecule has 3 heterocycles. The molecular weight excluding hydrogens is 516 g/mol. The van der Waals surface area contributed by atoms with E-state index in [2.05, 4.69) is 20.9 Å². The van der Waals surface area contributed by atoms with Crippen molar-refractivity contribution < 1.29 is 34.1 Å². The molecule has 2 saturated heterocycles. The van der Waals surface area contributed by atoms with Gasteiger partial charge in [-0.25, -0.2) is 4.79 Å². The number of nitrogens with zero attached hydrogens (tertiary/aromatic N) is 1. The fraction of sp³-hybridized carbons (Fsp3) is 0.423. The number of imide groups is 1. The van der Waals surface area contributed by atoms with Crippen LogP contribution in [0.4, 0.5) is 4.79 Å². The van der Waals surface area contributed by atoms with Crippen LogP contribution in [-0.2, 0) is 11.2 Å². The largest absolute Gasteiger partial charge is 0.508 e. The first-order chi connectivity index (χ1) is 18.2. The number of aliphatic hydroxyl groups is 1. The molecule has 202 valence electrons. The van der Waals surface area contributed by atoms with Crippen LogP contribution in [0.3, 0.4) is 0 Å². The van der Waals surface area contributed by atoms with Gasteiger partial charge in [-0.15, -0.1) is 0 Å². The Bertz CT molecular complexity index is 1250. The molecule has 5 rings (SSSR count). The van der Waals surface area contributed by atoms with Crippen molar-refractivity contribution in [3.05, 3.63) is 52.5 Å². The molecule has 4 amide bonds. The fourth-order valence-corrected chi connectivity index (χ4v) is 5.27. The first-order valence-corrected chi connectivity index (χ1v) is 12.8. The quantitative estimate of drug-likeness (QED) is 0.311. The van der Waals surface area contributed by atoms with Crippen molar-refractivity contribution >= 4 is 29.4 Å². The number of amides is 4. The highest BCUT2D eigenvalue weighted by Crippen LogP contribution is 2.42. The lowest BCUT2D eigenvalue weighted by atomic mass is 9.87. The summed E-state index contributed by atoms with van der Waals surface area (Å²) in [5.41, 5.74) is 1.01. The number of urea groups is 1. The van der Waals surface area contributed by atoms with Gasteiger partial charge in [-0.2, -0.15) is 0 Å². The molecule has 2 atom stereocenters. The summed E-state index contributed by atoms with van der Waals surface area (Å²) < 4.78 is 12.0. The summed E-state index contributed by atoms with van der Waals surface area (Å²) in [6.07, 6.45) is 1.63. The van der Waals surface area contributed by atoms with Crippen LogP contribution in [-0.4, -0.2) is 83.5 Å². The lowest BCUT2D eigenvalue weighted by molar-refractivity contribution is -0.120. The summed E-state index contributed by atoms with van der Waals surface area (Å²) in [7, 11) is 0. The van der Waals surface area contributed by atoms with Gasteiger partial charge in [0, 0.05) is 56.5 Å². The number of hydrogen-bond acceptors (Lipinski definition) is 8. The second kappa shape index (κ2) is 10.7. The zero-order valence-corrected chi connectivity index (χ0v) is 21.3. The normalized spacial score (nSPS) is 20.8. The molecule has 11 nitrogen and oxygen atoms in total. The highest BCUT2D eigenvalue weighted by molar-refractivity contribution is 6.30. The van der Waals surface area contributed by atoms with Crippen LogP contribution in [0.25, 0.3) is 0 Å². The number of aliphatic hydroxyl groups excluding tert-OH is 1. The third-order valence-electron chi connectivity index (χ3n) is 7.06. The van der Waals surface area contributed by atoms with Crippen LogP contribution in [0, 0.1) is 0 Å². The fourth-order valence-electron chi connectivity index (χ4n) is 5.07. The standard InChI is InChI=1S/C26H29ClN4O7/c27-16-1-4-21-15(9-16)11-26(38-21)5-7-31(8-6-26)13-18(33)14-37-22-10-17(32)2-3-19(22)23(34)28-12-20-24(35)30-25(36)29-20/h1-4,9-10,18,20,32-33H,5-8,11-14H2,(H,28,34)(H2,29,30,35,36)/t18-,20-/m1/s1. The van der Waals surface area contributed by atoms with E-state index in [0.717, 1.165) is 43.7 Å². The van der Waals surface area contributed by atoms with Crippen molar-refractivity contribution in [3.63, 3.8) is 0 Å². The molecule has 5 N–H and O–H groups in total. The van der Waals surface area contributed by atoms with Crippen LogP contribution in [0.2, 0.25) is 5.02 Å². The maximum Gasteiger partial charge on any atom is 0.322 e. The van der Waals surface area contributed by atoms with Gasteiger partial charge in [0.05, 0.1) is 5.56 Å². The molecule has 0 unspecified atom stereocenters. The van der Waals surface area contributed by atoms with Gasteiger partial charge < -0.3 is 35.2 Å². The number of phenolic OH excluding ortho intramolecular Hbond substituents is 1. The maximum absolute atomic E-state index is 12.7. The number of carbonyl (C=O) groups is 3. The van der Waals surface area contributed by atoms with E-state index in [1.807, 2.05) is 18.2 Å². The summed E-state index contributed by atoms with van der Waals surface area (Å²) in [5.74, 6) is -0.205. The first-order valence-electron chi connectivity index (χ1n) is 12.4. The number of ether oxygens (including phenoxy) is 2. The molecule has 0 saturated carbocycles. The first kappa shape index (κ1) is 26.1. The number of β-amino-alcohol motifs (C(OH)–C–C–N with tert-alkyl or cyclic N) is 1. The number of carbonyl (C=O) groups excluding carboxylic acids is 3. The summed E-state index contributed by atoms with van der Waals surface area (Å²) in [4.78, 5) is 37.8. The minimum absolute atomic E-state index is 0.0904. The van der Waals surface area contributed by atoms with E-state index < -0.39 is 30.0 Å². The predicted octanol–water partition coefficient (Wildman–Crippen LogP) is 1.19. The Morgan fingerprint density at radius 2 is 2.03 bits per heavy atom. The minimum Gasteiger partial charge on any atom is -0.508 e. The molecule has 1 spiro atoms. The third-order valence-corrected chi connectivity index (χ3v) is 7.30. The molecule has 0 aliphatic carbocycles.